The van der Waals surface area contributed by atoms with Crippen molar-refractivity contribution >= 4 is 41.6 Å². The average molecular weight is 961 g/mol. The Morgan fingerprint density at radius 1 is 0.971 bits per heavy atom. The van der Waals surface area contributed by atoms with E-state index >= 15 is 0 Å². The van der Waals surface area contributed by atoms with Gasteiger partial charge in [0.15, 0.2) is 12.2 Å². The molecule has 374 valence electrons. The van der Waals surface area contributed by atoms with E-state index in [0.717, 1.165) is 53.8 Å². The smallest absolute Gasteiger partial charge is 0.347 e. The molecule has 2 aromatic rings. The number of urea groups is 1. The number of piperazine rings is 1. The number of fused-ring (bicyclic) bond motifs is 2. The molecule has 20 heteroatoms. The number of amides is 6. The first kappa shape index (κ1) is 50.0. The van der Waals surface area contributed by atoms with E-state index in [1.165, 1.54) is 6.21 Å². The third kappa shape index (κ3) is 10.1. The third-order valence-corrected chi connectivity index (χ3v) is 15.4. The Balaban J connectivity index is 0.887. The highest BCUT2D eigenvalue weighted by Crippen LogP contribution is 2.41. The molecule has 2 aromatic carbocycles. The number of rotatable bonds is 15. The summed E-state index contributed by atoms with van der Waals surface area (Å²) in [5.74, 6) is -1.68. The van der Waals surface area contributed by atoms with Crippen LogP contribution in [-0.4, -0.2) is 172 Å². The maximum Gasteiger partial charge on any atom is 0.347 e. The SMILES string of the molecule is CNCC(C)(C=[NH2+])c1cc2c(cc1C(F)F)N(C([NH2+]C)C1=C(NC3CCN(C(=O)CN4CCN(Cc5cccc6c5C(=O)[N+]([O-])(C5CCC(=O)NC5=O)C6)CC4)CC3)CCN(C(=O)NC)C1)CCC2. The van der Waals surface area contributed by atoms with Gasteiger partial charge in [-0.2, -0.15) is 0 Å². The fourth-order valence-corrected chi connectivity index (χ4v) is 11.6. The molecule has 0 bridgehead atoms. The minimum absolute atomic E-state index is 0.0271. The standard InChI is InChI=1S/C49H68F2N12O6/c1-49(29-52,30-53-2)37-23-31-9-6-15-62(39(31)24-35(37)44(50)51)45(54-3)36-26-61(48(68)55-4)18-14-38(36)56-34-12-16-60(17-13-34)42(65)27-59-21-19-58(20-22-59)25-32-7-5-8-33-28-63(69,47(67)43(32)33)40-10-11-41(64)57-46(40)66/h5,7-8,23-24,29,34,40,44-45,52-54,56H,6,9-22,25-28,30H2,1-4H3,(H,55,68)(H,57,64,66)/p+2. The molecule has 6 aliphatic heterocycles. The molecule has 6 aliphatic rings. The molecule has 6 amide bonds. The lowest BCUT2D eigenvalue weighted by atomic mass is 9.78. The van der Waals surface area contributed by atoms with Gasteiger partial charge in [0.2, 0.25) is 11.8 Å². The van der Waals surface area contributed by atoms with Crippen molar-refractivity contribution < 1.29 is 48.1 Å². The quantitative estimate of drug-likeness (QED) is 0.0589. The number of halogens is 2. The maximum atomic E-state index is 14.9. The molecule has 69 heavy (non-hydrogen) atoms. The van der Waals surface area contributed by atoms with E-state index in [1.807, 2.05) is 37.1 Å². The molecule has 8 N–H and O–H groups in total. The number of piperidine rings is 2. The van der Waals surface area contributed by atoms with Crippen LogP contribution in [0.2, 0.25) is 0 Å². The monoisotopic (exact) mass is 961 g/mol. The Morgan fingerprint density at radius 2 is 1.71 bits per heavy atom. The predicted molar refractivity (Wildman–Crippen MR) is 254 cm³/mol. The van der Waals surface area contributed by atoms with E-state index in [2.05, 4.69) is 41.3 Å². The van der Waals surface area contributed by atoms with Crippen molar-refractivity contribution in [2.45, 2.75) is 95.0 Å². The number of nitrogens with two attached hydrogens (primary N) is 2. The van der Waals surface area contributed by atoms with Crippen molar-refractivity contribution in [3.63, 3.8) is 0 Å². The van der Waals surface area contributed by atoms with Crippen molar-refractivity contribution in [3.05, 3.63) is 80.2 Å². The second-order valence-corrected chi connectivity index (χ2v) is 19.8. The van der Waals surface area contributed by atoms with Crippen molar-refractivity contribution in [2.75, 3.05) is 98.0 Å². The van der Waals surface area contributed by atoms with Gasteiger partial charge in [-0.3, -0.25) is 39.6 Å². The molecular weight excluding hydrogens is 891 g/mol. The van der Waals surface area contributed by atoms with Gasteiger partial charge in [0.05, 0.1) is 31.1 Å². The molecule has 0 spiro atoms. The van der Waals surface area contributed by atoms with Crippen LogP contribution in [0, 0.1) is 5.21 Å². The topological polar surface area (TPSA) is 215 Å². The van der Waals surface area contributed by atoms with Crippen LogP contribution in [0.25, 0.3) is 0 Å². The number of quaternary nitrogens is 2. The lowest BCUT2D eigenvalue weighted by Crippen LogP contribution is -2.91. The van der Waals surface area contributed by atoms with E-state index in [-0.39, 0.29) is 49.1 Å². The summed E-state index contributed by atoms with van der Waals surface area (Å²) in [6.07, 6.45) is 2.30. The Hall–Kier alpha value is -5.38. The van der Waals surface area contributed by atoms with Crippen molar-refractivity contribution in [3.8, 4) is 0 Å². The van der Waals surface area contributed by atoms with Crippen molar-refractivity contribution in [2.24, 2.45) is 0 Å². The molecule has 3 saturated heterocycles. The van der Waals surface area contributed by atoms with Crippen LogP contribution in [0.4, 0.5) is 19.3 Å². The molecule has 0 radical (unpaired) electrons. The highest BCUT2D eigenvalue weighted by molar-refractivity contribution is 6.02. The fraction of sp³-hybridized carbons (Fsp3) is 0.592. The molecule has 0 aliphatic carbocycles. The van der Waals surface area contributed by atoms with Crippen LogP contribution in [0.3, 0.4) is 0 Å². The fourth-order valence-electron chi connectivity index (χ4n) is 11.6. The first-order chi connectivity index (χ1) is 33.1. The summed E-state index contributed by atoms with van der Waals surface area (Å²) in [7, 11) is 5.40. The zero-order chi connectivity index (χ0) is 49.2. The zero-order valence-electron chi connectivity index (χ0n) is 40.5. The summed E-state index contributed by atoms with van der Waals surface area (Å²) >= 11 is 0. The number of nitrogens with zero attached hydrogens (tertiary/aromatic N) is 6. The van der Waals surface area contributed by atoms with Crippen LogP contribution >= 0.6 is 0 Å². The van der Waals surface area contributed by atoms with Crippen molar-refractivity contribution in [1.29, 1.82) is 0 Å². The first-order valence-corrected chi connectivity index (χ1v) is 24.6. The van der Waals surface area contributed by atoms with Gasteiger partial charge in [-0.1, -0.05) is 24.3 Å². The second kappa shape index (κ2) is 20.9. The lowest BCUT2D eigenvalue weighted by molar-refractivity contribution is -0.825. The molecule has 18 nitrogen and oxygen atoms in total. The summed E-state index contributed by atoms with van der Waals surface area (Å²) < 4.78 is 28.6. The molecule has 0 aromatic heterocycles. The number of carbonyl (C=O) groups is 5. The number of hydrogen-bond acceptors (Lipinski definition) is 11. The summed E-state index contributed by atoms with van der Waals surface area (Å²) in [5.41, 5.74) is 5.30. The van der Waals surface area contributed by atoms with Gasteiger partial charge in [-0.15, -0.1) is 0 Å². The van der Waals surface area contributed by atoms with Gasteiger partial charge in [-0.05, 0) is 62.4 Å². The molecule has 3 fully saturated rings. The van der Waals surface area contributed by atoms with Crippen molar-refractivity contribution in [1.82, 2.24) is 40.9 Å². The van der Waals surface area contributed by atoms with Gasteiger partial charge in [-0.25, -0.2) is 18.4 Å². The summed E-state index contributed by atoms with van der Waals surface area (Å²) in [5, 5.41) is 34.1. The number of likely N-dealkylation sites (tertiary alicyclic amines) is 1. The van der Waals surface area contributed by atoms with E-state index < -0.39 is 40.3 Å². The van der Waals surface area contributed by atoms with Crippen LogP contribution in [0.1, 0.15) is 90.0 Å². The number of anilines is 1. The van der Waals surface area contributed by atoms with E-state index in [1.54, 1.807) is 31.1 Å². The number of nitrogens with one attached hydrogen (secondary N) is 4. The van der Waals surface area contributed by atoms with Gasteiger partial charge >= 0.3 is 11.9 Å². The zero-order valence-corrected chi connectivity index (χ0v) is 40.5. The summed E-state index contributed by atoms with van der Waals surface area (Å²) in [6, 6.07) is 7.82. The molecule has 0 saturated carbocycles. The number of imide groups is 1. The van der Waals surface area contributed by atoms with Crippen LogP contribution in [-0.2, 0) is 39.3 Å². The molecule has 8 rings (SSSR count). The van der Waals surface area contributed by atoms with Gasteiger partial charge < -0.3 is 41.2 Å². The minimum atomic E-state index is -2.70. The van der Waals surface area contributed by atoms with Crippen LogP contribution < -0.4 is 36.9 Å². The molecule has 6 heterocycles. The lowest BCUT2D eigenvalue weighted by Gasteiger charge is -2.42. The number of benzene rings is 2. The Kier molecular flexibility index (Phi) is 15.2. The van der Waals surface area contributed by atoms with Crippen LogP contribution in [0.5, 0.6) is 0 Å². The normalized spacial score (nSPS) is 24.2. The second-order valence-electron chi connectivity index (χ2n) is 19.8. The predicted octanol–water partition coefficient (Wildman–Crippen LogP) is -0.326. The van der Waals surface area contributed by atoms with Gasteiger partial charge in [0, 0.05) is 126 Å². The molecule has 4 atom stereocenters. The highest BCUT2D eigenvalue weighted by atomic mass is 19.3. The van der Waals surface area contributed by atoms with E-state index in [0.29, 0.717) is 102 Å². The summed E-state index contributed by atoms with van der Waals surface area (Å²) in [4.78, 5) is 75.2. The largest absolute Gasteiger partial charge is 0.624 e. The minimum Gasteiger partial charge on any atom is -0.624 e. The number of aryl methyl sites for hydroxylation is 1. The van der Waals surface area contributed by atoms with Gasteiger partial charge in [0.1, 0.15) is 12.8 Å². The first-order valence-electron chi connectivity index (χ1n) is 24.6. The number of hydroxylamine groups is 3. The Labute approximate surface area is 402 Å². The number of alkyl halides is 2. The Morgan fingerprint density at radius 3 is 2.38 bits per heavy atom. The van der Waals surface area contributed by atoms with E-state index in [4.69, 9.17) is 5.41 Å². The maximum absolute atomic E-state index is 14.9. The third-order valence-electron chi connectivity index (χ3n) is 15.4. The Bertz CT molecular complexity index is 2350. The molecule has 4 unspecified atom stereocenters. The average Bonchev–Trinajstić information content (AvgIpc) is 3.61. The molecular formula is C49H70F2N12O6+2. The summed E-state index contributed by atoms with van der Waals surface area (Å²) in [6.45, 7) is 8.37. The highest BCUT2D eigenvalue weighted by Gasteiger charge is 2.50. The van der Waals surface area contributed by atoms with Gasteiger partial charge in [0.25, 0.3) is 12.3 Å². The number of carbonyl (C=O) groups excluding carboxylic acids is 5. The van der Waals surface area contributed by atoms with E-state index in [9.17, 15) is 38.0 Å². The number of hydrogen-bond donors (Lipinski definition) is 6. The number of likely N-dealkylation sites (N-methyl/N-ethyl adjacent to an activating group) is 2. The van der Waals surface area contributed by atoms with Crippen LogP contribution in [0.15, 0.2) is 41.6 Å².